The van der Waals surface area contributed by atoms with Crippen LogP contribution in [0.5, 0.6) is 0 Å². The van der Waals surface area contributed by atoms with Crippen LogP contribution in [0.4, 0.5) is 10.1 Å². The fraction of sp³-hybridized carbons (Fsp3) is 0.647. The first-order valence-electron chi connectivity index (χ1n) is 7.88. The lowest BCUT2D eigenvalue weighted by atomic mass is 9.78. The van der Waals surface area contributed by atoms with Gasteiger partial charge in [-0.25, -0.2) is 4.39 Å². The van der Waals surface area contributed by atoms with Crippen molar-refractivity contribution < 1.29 is 4.39 Å². The maximum atomic E-state index is 13.1. The minimum atomic E-state index is -0.180. The number of nitrogens with zero attached hydrogens (tertiary/aromatic N) is 1. The molecule has 1 aromatic carbocycles. The highest BCUT2D eigenvalue weighted by Crippen LogP contribution is 2.33. The van der Waals surface area contributed by atoms with Crippen molar-refractivity contribution in [1.82, 2.24) is 0 Å². The quantitative estimate of drug-likeness (QED) is 0.887. The predicted molar refractivity (Wildman–Crippen MR) is 83.4 cm³/mol. The average Bonchev–Trinajstić information content (AvgIpc) is 2.47. The zero-order valence-electron chi connectivity index (χ0n) is 12.7. The summed E-state index contributed by atoms with van der Waals surface area (Å²) in [5, 5.41) is 0. The molecule has 1 aliphatic carbocycles. The maximum absolute atomic E-state index is 13.1. The predicted octanol–water partition coefficient (Wildman–Crippen LogP) is 3.81. The highest BCUT2D eigenvalue weighted by Gasteiger charge is 2.29. The van der Waals surface area contributed by atoms with Crippen LogP contribution in [0.3, 0.4) is 0 Å². The van der Waals surface area contributed by atoms with Crippen molar-refractivity contribution >= 4 is 5.69 Å². The number of hydrogen-bond donors (Lipinski definition) is 1. The molecule has 0 saturated heterocycles. The van der Waals surface area contributed by atoms with Crippen LogP contribution in [-0.2, 0) is 0 Å². The molecule has 1 aromatic rings. The molecule has 0 aromatic heterocycles. The first kappa shape index (κ1) is 15.3. The maximum Gasteiger partial charge on any atom is 0.123 e. The zero-order chi connectivity index (χ0) is 14.5. The summed E-state index contributed by atoms with van der Waals surface area (Å²) in [5.41, 5.74) is 7.15. The normalized spacial score (nSPS) is 24.4. The molecule has 0 radical (unpaired) electrons. The van der Waals surface area contributed by atoms with Crippen molar-refractivity contribution in [3.63, 3.8) is 0 Å². The third-order valence-electron chi connectivity index (χ3n) is 4.75. The van der Waals surface area contributed by atoms with Gasteiger partial charge in [0.1, 0.15) is 5.82 Å². The largest absolute Gasteiger partial charge is 0.367 e. The molecule has 0 amide bonds. The Hall–Kier alpha value is -1.09. The van der Waals surface area contributed by atoms with Crippen LogP contribution in [0.25, 0.3) is 0 Å². The molecular formula is C17H27FN2. The lowest BCUT2D eigenvalue weighted by Crippen LogP contribution is -2.46. The van der Waals surface area contributed by atoms with Gasteiger partial charge in [-0.15, -0.1) is 0 Å². The number of benzene rings is 1. The molecule has 0 heterocycles. The van der Waals surface area contributed by atoms with Crippen molar-refractivity contribution in [2.45, 2.75) is 45.6 Å². The number of hydrogen-bond acceptors (Lipinski definition) is 2. The van der Waals surface area contributed by atoms with Crippen molar-refractivity contribution in [2.24, 2.45) is 17.6 Å². The standard InChI is InChI=1S/C17H27FN2/c1-3-20(16-10-8-15(18)9-11-16)17(12-19)14-6-4-13(2)5-7-14/h8-11,13-14,17H,3-7,12,19H2,1-2H3. The molecule has 20 heavy (non-hydrogen) atoms. The van der Waals surface area contributed by atoms with Gasteiger partial charge in [-0.05, 0) is 55.9 Å². The van der Waals surface area contributed by atoms with E-state index in [0.29, 0.717) is 18.5 Å². The van der Waals surface area contributed by atoms with E-state index in [9.17, 15) is 4.39 Å². The first-order valence-corrected chi connectivity index (χ1v) is 7.88. The average molecular weight is 278 g/mol. The summed E-state index contributed by atoms with van der Waals surface area (Å²) < 4.78 is 13.1. The Balaban J connectivity index is 2.12. The van der Waals surface area contributed by atoms with E-state index >= 15 is 0 Å². The molecule has 112 valence electrons. The highest BCUT2D eigenvalue weighted by atomic mass is 19.1. The van der Waals surface area contributed by atoms with Crippen LogP contribution >= 0.6 is 0 Å². The minimum absolute atomic E-state index is 0.180. The van der Waals surface area contributed by atoms with E-state index in [4.69, 9.17) is 5.73 Å². The summed E-state index contributed by atoms with van der Waals surface area (Å²) in [6, 6.07) is 7.18. The lowest BCUT2D eigenvalue weighted by molar-refractivity contribution is 0.250. The van der Waals surface area contributed by atoms with E-state index in [-0.39, 0.29) is 5.82 Å². The van der Waals surface area contributed by atoms with E-state index in [1.165, 1.54) is 37.8 Å². The van der Waals surface area contributed by atoms with Gasteiger partial charge >= 0.3 is 0 Å². The van der Waals surface area contributed by atoms with Gasteiger partial charge in [0.15, 0.2) is 0 Å². The fourth-order valence-electron chi connectivity index (χ4n) is 3.49. The van der Waals surface area contributed by atoms with Crippen LogP contribution in [0, 0.1) is 17.7 Å². The Morgan fingerprint density at radius 3 is 2.30 bits per heavy atom. The molecule has 1 aliphatic rings. The molecule has 1 saturated carbocycles. The molecule has 2 N–H and O–H groups in total. The third kappa shape index (κ3) is 3.51. The van der Waals surface area contributed by atoms with Gasteiger partial charge < -0.3 is 10.6 Å². The molecule has 0 bridgehead atoms. The Kier molecular flexibility index (Phi) is 5.41. The Labute approximate surface area is 122 Å². The molecule has 1 fully saturated rings. The number of anilines is 1. The number of rotatable bonds is 5. The van der Waals surface area contributed by atoms with Crippen molar-refractivity contribution in [3.05, 3.63) is 30.1 Å². The highest BCUT2D eigenvalue weighted by molar-refractivity contribution is 5.47. The minimum Gasteiger partial charge on any atom is -0.367 e. The SMILES string of the molecule is CCN(c1ccc(F)cc1)C(CN)C1CCC(C)CC1. The van der Waals surface area contributed by atoms with Gasteiger partial charge in [-0.3, -0.25) is 0 Å². The second kappa shape index (κ2) is 7.07. The molecule has 3 heteroatoms. The summed E-state index contributed by atoms with van der Waals surface area (Å²) >= 11 is 0. The number of nitrogens with two attached hydrogens (primary N) is 1. The van der Waals surface area contributed by atoms with E-state index in [0.717, 1.165) is 18.2 Å². The van der Waals surface area contributed by atoms with Gasteiger partial charge in [0, 0.05) is 24.8 Å². The Morgan fingerprint density at radius 1 is 1.20 bits per heavy atom. The van der Waals surface area contributed by atoms with E-state index in [1.807, 2.05) is 12.1 Å². The molecule has 1 unspecified atom stereocenters. The summed E-state index contributed by atoms with van der Waals surface area (Å²) in [6.45, 7) is 6.08. The molecule has 2 rings (SSSR count). The summed E-state index contributed by atoms with van der Waals surface area (Å²) in [6.07, 6.45) is 5.14. The molecule has 2 nitrogen and oxygen atoms in total. The lowest BCUT2D eigenvalue weighted by Gasteiger charge is -2.40. The van der Waals surface area contributed by atoms with E-state index < -0.39 is 0 Å². The van der Waals surface area contributed by atoms with E-state index in [1.54, 1.807) is 0 Å². The molecule has 0 aliphatic heterocycles. The monoisotopic (exact) mass is 278 g/mol. The fourth-order valence-corrected chi connectivity index (χ4v) is 3.49. The van der Waals surface area contributed by atoms with Crippen molar-refractivity contribution in [3.8, 4) is 0 Å². The Bertz CT molecular complexity index is 396. The summed E-state index contributed by atoms with van der Waals surface area (Å²) in [5.74, 6) is 1.34. The van der Waals surface area contributed by atoms with Crippen molar-refractivity contribution in [1.29, 1.82) is 0 Å². The zero-order valence-corrected chi connectivity index (χ0v) is 12.7. The van der Waals surface area contributed by atoms with Crippen LogP contribution in [0.15, 0.2) is 24.3 Å². The first-order chi connectivity index (χ1) is 9.65. The molecule has 1 atom stereocenters. The number of halogens is 1. The second-order valence-corrected chi connectivity index (χ2v) is 6.09. The topological polar surface area (TPSA) is 29.3 Å². The summed E-state index contributed by atoms with van der Waals surface area (Å²) in [4.78, 5) is 2.35. The van der Waals surface area contributed by atoms with Crippen molar-refractivity contribution in [2.75, 3.05) is 18.0 Å². The van der Waals surface area contributed by atoms with Crippen LogP contribution in [0.2, 0.25) is 0 Å². The van der Waals surface area contributed by atoms with Crippen LogP contribution < -0.4 is 10.6 Å². The Morgan fingerprint density at radius 2 is 1.80 bits per heavy atom. The smallest absolute Gasteiger partial charge is 0.123 e. The third-order valence-corrected chi connectivity index (χ3v) is 4.75. The van der Waals surface area contributed by atoms with Gasteiger partial charge in [-0.1, -0.05) is 19.8 Å². The van der Waals surface area contributed by atoms with Gasteiger partial charge in [0.2, 0.25) is 0 Å². The summed E-state index contributed by atoms with van der Waals surface area (Å²) in [7, 11) is 0. The second-order valence-electron chi connectivity index (χ2n) is 6.09. The number of likely N-dealkylation sites (N-methyl/N-ethyl adjacent to an activating group) is 1. The van der Waals surface area contributed by atoms with Gasteiger partial charge in [0.05, 0.1) is 0 Å². The van der Waals surface area contributed by atoms with Crippen LogP contribution in [0.1, 0.15) is 39.5 Å². The van der Waals surface area contributed by atoms with Gasteiger partial charge in [-0.2, -0.15) is 0 Å². The molecule has 0 spiro atoms. The molecular weight excluding hydrogens is 251 g/mol. The van der Waals surface area contributed by atoms with Crippen LogP contribution in [-0.4, -0.2) is 19.1 Å². The van der Waals surface area contributed by atoms with Gasteiger partial charge in [0.25, 0.3) is 0 Å². The van der Waals surface area contributed by atoms with E-state index in [2.05, 4.69) is 18.7 Å².